The quantitative estimate of drug-likeness (QED) is 0.265. The third-order valence-electron chi connectivity index (χ3n) is 8.17. The van der Waals surface area contributed by atoms with Crippen LogP contribution in [0.4, 0.5) is 0 Å². The molecule has 202 valence electrons. The number of likely N-dealkylation sites (tertiary alicyclic amines) is 1. The summed E-state index contributed by atoms with van der Waals surface area (Å²) in [6, 6.07) is -0.590. The van der Waals surface area contributed by atoms with Crippen molar-refractivity contribution in [3.63, 3.8) is 0 Å². The van der Waals surface area contributed by atoms with E-state index >= 15 is 0 Å². The number of nitrogens with zero attached hydrogens (tertiary/aromatic N) is 3. The predicted molar refractivity (Wildman–Crippen MR) is 145 cm³/mol. The molecule has 3 aliphatic heterocycles. The number of thioether (sulfide) groups is 1. The van der Waals surface area contributed by atoms with Crippen molar-refractivity contribution in [3.8, 4) is 0 Å². The highest BCUT2D eigenvalue weighted by molar-refractivity contribution is 8.02. The zero-order chi connectivity index (χ0) is 26.5. The lowest BCUT2D eigenvalue weighted by atomic mass is 9.65. The van der Waals surface area contributed by atoms with Gasteiger partial charge in [0.15, 0.2) is 0 Å². The van der Waals surface area contributed by atoms with Crippen LogP contribution in [0.2, 0.25) is 0 Å². The van der Waals surface area contributed by atoms with Crippen molar-refractivity contribution in [1.29, 1.82) is 0 Å². The van der Waals surface area contributed by atoms with Gasteiger partial charge in [-0.1, -0.05) is 39.3 Å². The molecule has 3 aliphatic rings. The third kappa shape index (κ3) is 5.00. The molecule has 3 fully saturated rings. The van der Waals surface area contributed by atoms with Gasteiger partial charge in [0.1, 0.15) is 6.04 Å². The first-order valence-corrected chi connectivity index (χ1v) is 14.6. The average Bonchev–Trinajstić information content (AvgIpc) is 3.45. The normalized spacial score (nSPS) is 30.4. The topological polar surface area (TPSA) is 81.2 Å². The molecule has 0 saturated carbocycles. The molecule has 7 nitrogen and oxygen atoms in total. The van der Waals surface area contributed by atoms with Gasteiger partial charge >= 0.3 is 0 Å². The molecule has 3 heterocycles. The van der Waals surface area contributed by atoms with E-state index in [2.05, 4.69) is 27.0 Å². The molecule has 0 radical (unpaired) electrons. The van der Waals surface area contributed by atoms with Gasteiger partial charge in [0.05, 0.1) is 16.6 Å². The Morgan fingerprint density at radius 2 is 1.75 bits per heavy atom. The average molecular weight is 520 g/mol. The Kier molecular flexibility index (Phi) is 10.1. The molecule has 8 heteroatoms. The van der Waals surface area contributed by atoms with Crippen LogP contribution in [0.5, 0.6) is 0 Å². The molecular formula is C28H45N3O4S. The van der Waals surface area contributed by atoms with Gasteiger partial charge in [-0.25, -0.2) is 0 Å². The summed E-state index contributed by atoms with van der Waals surface area (Å²) in [7, 11) is 0. The number of rotatable bonds is 15. The molecule has 3 rings (SSSR count). The van der Waals surface area contributed by atoms with Crippen LogP contribution in [-0.2, 0) is 14.4 Å². The molecule has 1 N–H and O–H groups in total. The summed E-state index contributed by atoms with van der Waals surface area (Å²) in [6.45, 7) is 16.7. The highest BCUT2D eigenvalue weighted by atomic mass is 32.2. The van der Waals surface area contributed by atoms with Gasteiger partial charge in [-0.3, -0.25) is 14.4 Å². The van der Waals surface area contributed by atoms with Crippen LogP contribution < -0.4 is 0 Å². The lowest BCUT2D eigenvalue weighted by Gasteiger charge is -2.41. The number of aliphatic hydroxyl groups is 1. The number of fused-ring (bicyclic) bond motifs is 1. The Morgan fingerprint density at radius 3 is 2.33 bits per heavy atom. The zero-order valence-electron chi connectivity index (χ0n) is 22.4. The summed E-state index contributed by atoms with van der Waals surface area (Å²) < 4.78 is -0.601. The Morgan fingerprint density at radius 1 is 1.08 bits per heavy atom. The maximum Gasteiger partial charge on any atom is 0.247 e. The fourth-order valence-electron chi connectivity index (χ4n) is 6.61. The van der Waals surface area contributed by atoms with Gasteiger partial charge in [-0.2, -0.15) is 0 Å². The summed E-state index contributed by atoms with van der Waals surface area (Å²) >= 11 is 1.73. The Bertz CT molecular complexity index is 836. The Hall–Kier alpha value is -1.80. The van der Waals surface area contributed by atoms with Crippen molar-refractivity contribution < 1.29 is 19.5 Å². The van der Waals surface area contributed by atoms with E-state index in [0.29, 0.717) is 45.6 Å². The highest BCUT2D eigenvalue weighted by Crippen LogP contribution is 2.68. The minimum atomic E-state index is -0.601. The van der Waals surface area contributed by atoms with Gasteiger partial charge in [0.25, 0.3) is 0 Å². The number of hydrogen-bond acceptors (Lipinski definition) is 5. The molecule has 36 heavy (non-hydrogen) atoms. The van der Waals surface area contributed by atoms with Crippen LogP contribution in [0.1, 0.15) is 59.3 Å². The maximum absolute atomic E-state index is 14.2. The number of carbonyl (C=O) groups is 3. The molecule has 1 spiro atoms. The largest absolute Gasteiger partial charge is 0.396 e. The standard InChI is InChI=1S/C28H45N3O4S/c1-6-10-16-30(15-9-4)27(35)24-28-20(5)19-21(36-28)22(25(33)29(13-7-2)14-8-3)23(28)26(34)31(24)17-11-12-18-32/h7,9,20-24,32H,2,4,6,8,10-19H2,1,3,5H3/t20?,21-,22+,23-,24?,28?/m0/s1. The molecule has 0 aromatic rings. The highest BCUT2D eigenvalue weighted by Gasteiger charge is 2.76. The van der Waals surface area contributed by atoms with Gasteiger partial charge in [-0.05, 0) is 38.0 Å². The van der Waals surface area contributed by atoms with E-state index in [1.807, 2.05) is 16.7 Å². The van der Waals surface area contributed by atoms with Gasteiger partial charge in [0, 0.05) is 44.6 Å². The van der Waals surface area contributed by atoms with E-state index < -0.39 is 22.6 Å². The summed E-state index contributed by atoms with van der Waals surface area (Å²) in [5, 5.41) is 9.41. The van der Waals surface area contributed by atoms with E-state index in [1.165, 1.54) is 0 Å². The molecule has 2 bridgehead atoms. The monoisotopic (exact) mass is 519 g/mol. The fourth-order valence-corrected chi connectivity index (χ4v) is 9.02. The predicted octanol–water partition coefficient (Wildman–Crippen LogP) is 3.34. The van der Waals surface area contributed by atoms with Crippen LogP contribution in [0.15, 0.2) is 25.3 Å². The smallest absolute Gasteiger partial charge is 0.247 e. The maximum atomic E-state index is 14.2. The number of aliphatic hydroxyl groups excluding tert-OH is 1. The molecule has 0 aromatic carbocycles. The third-order valence-corrected chi connectivity index (χ3v) is 10.2. The van der Waals surface area contributed by atoms with Crippen LogP contribution in [0.25, 0.3) is 0 Å². The minimum absolute atomic E-state index is 0.0206. The minimum Gasteiger partial charge on any atom is -0.396 e. The second-order valence-corrected chi connectivity index (χ2v) is 12.1. The van der Waals surface area contributed by atoms with Crippen LogP contribution in [-0.4, -0.2) is 92.9 Å². The van der Waals surface area contributed by atoms with Crippen LogP contribution in [0, 0.1) is 17.8 Å². The first-order valence-electron chi connectivity index (χ1n) is 13.7. The van der Waals surface area contributed by atoms with Crippen LogP contribution in [0.3, 0.4) is 0 Å². The van der Waals surface area contributed by atoms with Crippen LogP contribution >= 0.6 is 11.8 Å². The van der Waals surface area contributed by atoms with Gasteiger partial charge < -0.3 is 19.8 Å². The molecule has 3 amide bonds. The number of carbonyl (C=O) groups excluding carboxylic acids is 3. The first-order chi connectivity index (χ1) is 17.3. The summed E-state index contributed by atoms with van der Waals surface area (Å²) in [4.78, 5) is 47.7. The van der Waals surface area contributed by atoms with Crippen molar-refractivity contribution in [1.82, 2.24) is 14.7 Å². The molecule has 0 aromatic heterocycles. The Labute approximate surface area is 221 Å². The van der Waals surface area contributed by atoms with E-state index in [-0.39, 0.29) is 35.5 Å². The lowest BCUT2D eigenvalue weighted by molar-refractivity contribution is -0.144. The van der Waals surface area contributed by atoms with Crippen molar-refractivity contribution in [2.75, 3.05) is 39.3 Å². The molecule has 6 atom stereocenters. The summed E-state index contributed by atoms with van der Waals surface area (Å²) in [6.07, 6.45) is 8.24. The van der Waals surface area contributed by atoms with Crippen molar-refractivity contribution in [2.45, 2.75) is 75.3 Å². The van der Waals surface area contributed by atoms with E-state index in [4.69, 9.17) is 0 Å². The first kappa shape index (κ1) is 28.8. The second-order valence-electron chi connectivity index (χ2n) is 10.5. The van der Waals surface area contributed by atoms with Crippen molar-refractivity contribution in [3.05, 3.63) is 25.3 Å². The fraction of sp³-hybridized carbons (Fsp3) is 0.750. The molecule has 0 aliphatic carbocycles. The van der Waals surface area contributed by atoms with E-state index in [1.54, 1.807) is 28.8 Å². The molecule has 3 saturated heterocycles. The van der Waals surface area contributed by atoms with Crippen molar-refractivity contribution in [2.24, 2.45) is 17.8 Å². The summed E-state index contributed by atoms with van der Waals surface area (Å²) in [5.41, 5.74) is 0. The number of unbranched alkanes of at least 4 members (excludes halogenated alkanes) is 2. The second kappa shape index (κ2) is 12.6. The van der Waals surface area contributed by atoms with E-state index in [9.17, 15) is 19.5 Å². The molecule has 3 unspecified atom stereocenters. The molecular weight excluding hydrogens is 474 g/mol. The SMILES string of the molecule is C=CCN(CCCC)C(=O)C1N(CCCCO)C(=O)[C@@H]2[C@H](C(=O)N(CC=C)CCC)[C@@H]3CC(C)C12S3. The van der Waals surface area contributed by atoms with Crippen molar-refractivity contribution >= 4 is 29.5 Å². The number of amides is 3. The zero-order valence-corrected chi connectivity index (χ0v) is 23.2. The lowest BCUT2D eigenvalue weighted by Crippen LogP contribution is -2.57. The van der Waals surface area contributed by atoms with Gasteiger partial charge in [0.2, 0.25) is 17.7 Å². The Balaban J connectivity index is 2.03. The summed E-state index contributed by atoms with van der Waals surface area (Å²) in [5.74, 6) is -0.806. The van der Waals surface area contributed by atoms with E-state index in [0.717, 1.165) is 25.7 Å². The number of hydrogen-bond donors (Lipinski definition) is 1. The van der Waals surface area contributed by atoms with Gasteiger partial charge in [-0.15, -0.1) is 24.9 Å².